The van der Waals surface area contributed by atoms with Gasteiger partial charge >= 0.3 is 18.5 Å². The van der Waals surface area contributed by atoms with E-state index in [1.54, 1.807) is 24.3 Å². The van der Waals surface area contributed by atoms with Crippen LogP contribution in [0.5, 0.6) is 11.5 Å². The van der Waals surface area contributed by atoms with Crippen LogP contribution in [0.1, 0.15) is 41.6 Å². The lowest BCUT2D eigenvalue weighted by Crippen LogP contribution is -2.42. The molecular weight excluding hydrogens is 534 g/mol. The third-order valence-corrected chi connectivity index (χ3v) is 6.21. The largest absolute Gasteiger partial charge is 0.573 e. The Hall–Kier alpha value is -3.48. The fourth-order valence-corrected chi connectivity index (χ4v) is 4.37. The van der Waals surface area contributed by atoms with Gasteiger partial charge in [-0.15, -0.1) is 13.2 Å². The molecule has 1 atom stereocenters. The summed E-state index contributed by atoms with van der Waals surface area (Å²) in [6.07, 6.45) is -5.21. The number of hydrogen-bond donors (Lipinski definition) is 1. The second-order valence-corrected chi connectivity index (χ2v) is 9.11. The molecule has 2 saturated heterocycles. The summed E-state index contributed by atoms with van der Waals surface area (Å²) in [5.74, 6) is -2.38. The molecule has 2 fully saturated rings. The number of carboxylic acids is 1. The maximum atomic E-state index is 13.0. The van der Waals surface area contributed by atoms with E-state index in [4.69, 9.17) is 14.6 Å². The van der Waals surface area contributed by atoms with Crippen molar-refractivity contribution in [1.82, 2.24) is 9.80 Å². The summed E-state index contributed by atoms with van der Waals surface area (Å²) in [7, 11) is 0. The maximum Gasteiger partial charge on any atom is 0.573 e. The van der Waals surface area contributed by atoms with E-state index in [0.29, 0.717) is 16.9 Å². The van der Waals surface area contributed by atoms with E-state index in [0.717, 1.165) is 39.0 Å². The lowest BCUT2D eigenvalue weighted by molar-refractivity contribution is -0.274. The minimum absolute atomic E-state index is 0.0542. The molecule has 0 aromatic heterocycles. The first-order valence-electron chi connectivity index (χ1n) is 12.2. The van der Waals surface area contributed by atoms with Crippen LogP contribution in [0.15, 0.2) is 48.5 Å². The van der Waals surface area contributed by atoms with Gasteiger partial charge in [0.15, 0.2) is 0 Å². The minimum atomic E-state index is -5.08. The number of rotatable bonds is 7. The van der Waals surface area contributed by atoms with E-state index in [1.165, 1.54) is 37.1 Å². The number of likely N-dealkylation sites (tertiary alicyclic amines) is 2. The smallest absolute Gasteiger partial charge is 0.489 e. The summed E-state index contributed by atoms with van der Waals surface area (Å²) in [6, 6.07) is 12.9. The Morgan fingerprint density at radius 3 is 1.95 bits per heavy atom. The number of nitrogens with zero attached hydrogens (tertiary/aromatic N) is 2. The lowest BCUT2D eigenvalue weighted by Gasteiger charge is -2.28. The maximum absolute atomic E-state index is 13.0. The second kappa shape index (κ2) is 13.0. The van der Waals surface area contributed by atoms with E-state index < -0.39 is 18.5 Å². The van der Waals surface area contributed by atoms with Crippen LogP contribution >= 0.6 is 0 Å². The fraction of sp³-hybridized carbons (Fsp3) is 0.462. The molecule has 0 aliphatic carbocycles. The SMILES string of the molecule is O=C(O)C(F)(F)F.O=C(c1ccc(OCc2ccc(OC(F)(F)F)cc2)cc1)N1CCC[C@H]1CN1CCCC1. The van der Waals surface area contributed by atoms with Gasteiger partial charge in [0.25, 0.3) is 5.91 Å². The highest BCUT2D eigenvalue weighted by molar-refractivity contribution is 5.94. The summed E-state index contributed by atoms with van der Waals surface area (Å²) in [5, 5.41) is 7.12. The van der Waals surface area contributed by atoms with Crippen molar-refractivity contribution in [3.63, 3.8) is 0 Å². The highest BCUT2D eigenvalue weighted by atomic mass is 19.4. The van der Waals surface area contributed by atoms with Gasteiger partial charge in [-0.2, -0.15) is 13.2 Å². The first kappa shape index (κ1) is 30.1. The molecule has 7 nitrogen and oxygen atoms in total. The zero-order valence-corrected chi connectivity index (χ0v) is 20.8. The molecule has 2 aliphatic heterocycles. The second-order valence-electron chi connectivity index (χ2n) is 9.11. The Balaban J connectivity index is 0.000000532. The number of amides is 1. The number of aliphatic carboxylic acids is 1. The minimum Gasteiger partial charge on any atom is -0.489 e. The Kier molecular flexibility index (Phi) is 10.1. The number of benzene rings is 2. The van der Waals surface area contributed by atoms with Crippen LogP contribution in [-0.4, -0.2) is 71.5 Å². The molecule has 0 radical (unpaired) electrons. The van der Waals surface area contributed by atoms with Crippen LogP contribution < -0.4 is 9.47 Å². The van der Waals surface area contributed by atoms with Crippen molar-refractivity contribution in [2.75, 3.05) is 26.2 Å². The van der Waals surface area contributed by atoms with E-state index in [2.05, 4.69) is 9.64 Å². The zero-order chi connectivity index (χ0) is 28.6. The van der Waals surface area contributed by atoms with Crippen molar-refractivity contribution in [3.05, 3.63) is 59.7 Å². The predicted octanol–water partition coefficient (Wildman–Crippen LogP) is 5.50. The molecule has 2 aliphatic rings. The zero-order valence-electron chi connectivity index (χ0n) is 20.8. The average molecular weight is 563 g/mol. The van der Waals surface area contributed by atoms with Crippen molar-refractivity contribution < 1.29 is 50.5 Å². The summed E-state index contributed by atoms with van der Waals surface area (Å²) in [6.45, 7) is 4.21. The van der Waals surface area contributed by atoms with Crippen molar-refractivity contribution in [1.29, 1.82) is 0 Å². The van der Waals surface area contributed by atoms with Gasteiger partial charge in [-0.1, -0.05) is 12.1 Å². The Labute approximate surface area is 220 Å². The molecule has 1 amide bonds. The van der Waals surface area contributed by atoms with Crippen molar-refractivity contribution in [2.24, 2.45) is 0 Å². The van der Waals surface area contributed by atoms with Crippen molar-refractivity contribution in [3.8, 4) is 11.5 Å². The molecule has 2 heterocycles. The first-order chi connectivity index (χ1) is 18.3. The number of carbonyl (C=O) groups is 2. The van der Waals surface area contributed by atoms with Gasteiger partial charge in [-0.25, -0.2) is 4.79 Å². The molecule has 0 unspecified atom stereocenters. The number of ether oxygens (including phenoxy) is 2. The van der Waals surface area contributed by atoms with Crippen LogP contribution in [0.4, 0.5) is 26.3 Å². The normalized spacial score (nSPS) is 17.9. The Morgan fingerprint density at radius 2 is 1.41 bits per heavy atom. The monoisotopic (exact) mass is 562 g/mol. The Morgan fingerprint density at radius 1 is 0.846 bits per heavy atom. The van der Waals surface area contributed by atoms with E-state index >= 15 is 0 Å². The van der Waals surface area contributed by atoms with E-state index in [1.807, 2.05) is 4.90 Å². The molecule has 0 spiro atoms. The van der Waals surface area contributed by atoms with Crippen LogP contribution in [0, 0.1) is 0 Å². The van der Waals surface area contributed by atoms with Gasteiger partial charge in [0.1, 0.15) is 18.1 Å². The summed E-state index contributed by atoms with van der Waals surface area (Å²) in [4.78, 5) is 26.4. The first-order valence-corrected chi connectivity index (χ1v) is 12.2. The van der Waals surface area contributed by atoms with Gasteiger partial charge in [-0.05, 0) is 80.7 Å². The molecule has 0 saturated carbocycles. The van der Waals surface area contributed by atoms with Crippen LogP contribution in [-0.2, 0) is 11.4 Å². The number of halogens is 6. The van der Waals surface area contributed by atoms with E-state index in [-0.39, 0.29) is 24.3 Å². The molecule has 214 valence electrons. The molecule has 4 rings (SSSR count). The average Bonchev–Trinajstić information content (AvgIpc) is 3.55. The van der Waals surface area contributed by atoms with Gasteiger partial charge < -0.3 is 24.4 Å². The molecule has 2 aromatic rings. The van der Waals surface area contributed by atoms with Crippen molar-refractivity contribution >= 4 is 11.9 Å². The standard InChI is InChI=1S/C24H27F3N2O3.C2HF3O2/c25-24(26,27)32-22-9-5-18(6-10-22)17-31-21-11-7-19(8-12-21)23(30)29-15-3-4-20(29)16-28-13-1-2-14-28;3-2(4,5)1(6)7/h5-12,20H,1-4,13-17H2;(H,6,7)/t20-;/m0./s1. The lowest BCUT2D eigenvalue weighted by atomic mass is 10.1. The van der Waals surface area contributed by atoms with Crippen molar-refractivity contribution in [2.45, 2.75) is 50.9 Å². The predicted molar refractivity (Wildman–Crippen MR) is 127 cm³/mol. The molecule has 0 bridgehead atoms. The third-order valence-electron chi connectivity index (χ3n) is 6.21. The molecule has 2 aromatic carbocycles. The highest BCUT2D eigenvalue weighted by Gasteiger charge is 2.38. The van der Waals surface area contributed by atoms with Gasteiger partial charge in [0, 0.05) is 24.7 Å². The summed E-state index contributed by atoms with van der Waals surface area (Å²) >= 11 is 0. The van der Waals surface area contributed by atoms with Gasteiger partial charge in [0.2, 0.25) is 0 Å². The number of alkyl halides is 6. The molecule has 13 heteroatoms. The van der Waals surface area contributed by atoms with Crippen LogP contribution in [0.25, 0.3) is 0 Å². The van der Waals surface area contributed by atoms with Crippen LogP contribution in [0.3, 0.4) is 0 Å². The highest BCUT2D eigenvalue weighted by Crippen LogP contribution is 2.25. The number of hydrogen-bond acceptors (Lipinski definition) is 5. The van der Waals surface area contributed by atoms with Gasteiger partial charge in [0.05, 0.1) is 0 Å². The topological polar surface area (TPSA) is 79.3 Å². The number of carbonyl (C=O) groups excluding carboxylic acids is 1. The number of carboxylic acid groups (broad SMARTS) is 1. The Bertz CT molecular complexity index is 1080. The third kappa shape index (κ3) is 9.65. The molecule has 1 N–H and O–H groups in total. The van der Waals surface area contributed by atoms with Crippen LogP contribution in [0.2, 0.25) is 0 Å². The van der Waals surface area contributed by atoms with E-state index in [9.17, 15) is 31.1 Å². The quantitative estimate of drug-likeness (QED) is 0.450. The summed E-state index contributed by atoms with van der Waals surface area (Å²) < 4.78 is 78.0. The molecular formula is C26H28F6N2O5. The molecule has 39 heavy (non-hydrogen) atoms. The van der Waals surface area contributed by atoms with Gasteiger partial charge in [-0.3, -0.25) is 4.79 Å². The fourth-order valence-electron chi connectivity index (χ4n) is 4.37. The summed E-state index contributed by atoms with van der Waals surface area (Å²) in [5.41, 5.74) is 1.35.